The van der Waals surface area contributed by atoms with Gasteiger partial charge in [-0.2, -0.15) is 0 Å². The Hall–Kier alpha value is -2.11. The fourth-order valence-electron chi connectivity index (χ4n) is 2.15. The molecule has 6 heteroatoms. The van der Waals surface area contributed by atoms with Crippen LogP contribution in [0.25, 0.3) is 0 Å². The van der Waals surface area contributed by atoms with Gasteiger partial charge in [0.15, 0.2) is 0 Å². The SMILES string of the molecule is CCCNC(=O)c1cncc(N2CCN(C=O)CC2)c1. The fourth-order valence-corrected chi connectivity index (χ4v) is 2.15. The molecular formula is C14H20N4O2. The molecule has 1 aromatic heterocycles. The molecule has 108 valence electrons. The smallest absolute Gasteiger partial charge is 0.252 e. The van der Waals surface area contributed by atoms with E-state index in [-0.39, 0.29) is 5.91 Å². The summed E-state index contributed by atoms with van der Waals surface area (Å²) >= 11 is 0. The van der Waals surface area contributed by atoms with Crippen LogP contribution in [0.1, 0.15) is 23.7 Å². The van der Waals surface area contributed by atoms with E-state index in [2.05, 4.69) is 15.2 Å². The van der Waals surface area contributed by atoms with Crippen molar-refractivity contribution in [3.8, 4) is 0 Å². The Bertz CT molecular complexity index is 470. The maximum absolute atomic E-state index is 11.9. The lowest BCUT2D eigenvalue weighted by atomic mass is 10.2. The van der Waals surface area contributed by atoms with Gasteiger partial charge in [0, 0.05) is 38.9 Å². The highest BCUT2D eigenvalue weighted by atomic mass is 16.1. The van der Waals surface area contributed by atoms with Crippen molar-refractivity contribution in [1.29, 1.82) is 0 Å². The molecule has 2 heterocycles. The molecule has 2 amide bonds. The van der Waals surface area contributed by atoms with Gasteiger partial charge < -0.3 is 15.1 Å². The van der Waals surface area contributed by atoms with Crippen LogP contribution in [0.4, 0.5) is 5.69 Å². The van der Waals surface area contributed by atoms with E-state index in [1.165, 1.54) is 0 Å². The summed E-state index contributed by atoms with van der Waals surface area (Å²) in [6.45, 7) is 5.62. The van der Waals surface area contributed by atoms with Gasteiger partial charge in [-0.1, -0.05) is 6.92 Å². The van der Waals surface area contributed by atoms with Crippen LogP contribution in [0.2, 0.25) is 0 Å². The Morgan fingerprint density at radius 1 is 1.35 bits per heavy atom. The van der Waals surface area contributed by atoms with Crippen LogP contribution in [0.15, 0.2) is 18.5 Å². The number of hydrogen-bond donors (Lipinski definition) is 1. The van der Waals surface area contributed by atoms with Gasteiger partial charge >= 0.3 is 0 Å². The summed E-state index contributed by atoms with van der Waals surface area (Å²) in [5, 5.41) is 2.84. The van der Waals surface area contributed by atoms with E-state index in [0.29, 0.717) is 25.2 Å². The molecule has 20 heavy (non-hydrogen) atoms. The third-order valence-corrected chi connectivity index (χ3v) is 3.35. The van der Waals surface area contributed by atoms with E-state index in [1.54, 1.807) is 17.3 Å². The van der Waals surface area contributed by atoms with E-state index >= 15 is 0 Å². The Morgan fingerprint density at radius 2 is 2.10 bits per heavy atom. The Morgan fingerprint density at radius 3 is 2.75 bits per heavy atom. The van der Waals surface area contributed by atoms with Crippen LogP contribution >= 0.6 is 0 Å². The molecule has 1 aliphatic heterocycles. The minimum atomic E-state index is -0.0901. The molecule has 1 aromatic rings. The molecule has 1 N–H and O–H groups in total. The molecule has 1 saturated heterocycles. The summed E-state index contributed by atoms with van der Waals surface area (Å²) in [5.74, 6) is -0.0901. The number of aromatic nitrogens is 1. The highest BCUT2D eigenvalue weighted by molar-refractivity contribution is 5.94. The van der Waals surface area contributed by atoms with Crippen molar-refractivity contribution in [2.45, 2.75) is 13.3 Å². The van der Waals surface area contributed by atoms with Crippen LogP contribution in [0.5, 0.6) is 0 Å². The average Bonchev–Trinajstić information content (AvgIpc) is 2.52. The minimum Gasteiger partial charge on any atom is -0.367 e. The standard InChI is InChI=1S/C14H20N4O2/c1-2-3-16-14(20)12-8-13(10-15-9-12)18-6-4-17(11-19)5-7-18/h8-11H,2-7H2,1H3,(H,16,20). The predicted octanol–water partition coefficient (Wildman–Crippen LogP) is 0.500. The maximum atomic E-state index is 11.9. The molecule has 1 fully saturated rings. The monoisotopic (exact) mass is 276 g/mol. The number of pyridine rings is 1. The van der Waals surface area contributed by atoms with Crippen molar-refractivity contribution in [3.63, 3.8) is 0 Å². The number of rotatable bonds is 5. The number of anilines is 1. The quantitative estimate of drug-likeness (QED) is 0.795. The van der Waals surface area contributed by atoms with Gasteiger partial charge in [-0.25, -0.2) is 0 Å². The van der Waals surface area contributed by atoms with Crippen LogP contribution in [0, 0.1) is 0 Å². The number of piperazine rings is 1. The van der Waals surface area contributed by atoms with Gasteiger partial charge in [0.2, 0.25) is 6.41 Å². The van der Waals surface area contributed by atoms with Crippen molar-refractivity contribution in [2.75, 3.05) is 37.6 Å². The van der Waals surface area contributed by atoms with Crippen molar-refractivity contribution in [1.82, 2.24) is 15.2 Å². The third kappa shape index (κ3) is 3.46. The van der Waals surface area contributed by atoms with Crippen LogP contribution in [-0.4, -0.2) is 54.9 Å². The minimum absolute atomic E-state index is 0.0901. The average molecular weight is 276 g/mol. The third-order valence-electron chi connectivity index (χ3n) is 3.35. The Balaban J connectivity index is 2.02. The molecule has 0 unspecified atom stereocenters. The zero-order valence-corrected chi connectivity index (χ0v) is 11.7. The van der Waals surface area contributed by atoms with Crippen molar-refractivity contribution < 1.29 is 9.59 Å². The van der Waals surface area contributed by atoms with Crippen molar-refractivity contribution in [3.05, 3.63) is 24.0 Å². The first-order chi connectivity index (χ1) is 9.74. The second-order valence-corrected chi connectivity index (χ2v) is 4.82. The highest BCUT2D eigenvalue weighted by Gasteiger charge is 2.17. The molecule has 0 saturated carbocycles. The summed E-state index contributed by atoms with van der Waals surface area (Å²) in [6.07, 6.45) is 5.13. The fraction of sp³-hybridized carbons (Fsp3) is 0.500. The summed E-state index contributed by atoms with van der Waals surface area (Å²) < 4.78 is 0. The largest absolute Gasteiger partial charge is 0.367 e. The first-order valence-electron chi connectivity index (χ1n) is 6.92. The Labute approximate surface area is 118 Å². The molecular weight excluding hydrogens is 256 g/mol. The molecule has 2 rings (SSSR count). The lowest BCUT2D eigenvalue weighted by Crippen LogP contribution is -2.45. The van der Waals surface area contributed by atoms with Gasteiger partial charge in [-0.05, 0) is 12.5 Å². The molecule has 0 radical (unpaired) electrons. The zero-order valence-electron chi connectivity index (χ0n) is 11.7. The summed E-state index contributed by atoms with van der Waals surface area (Å²) in [5.41, 5.74) is 1.51. The van der Waals surface area contributed by atoms with Crippen molar-refractivity contribution in [2.24, 2.45) is 0 Å². The zero-order chi connectivity index (χ0) is 14.4. The second kappa shape index (κ2) is 6.88. The van der Waals surface area contributed by atoms with Gasteiger partial charge in [0.1, 0.15) is 0 Å². The topological polar surface area (TPSA) is 65.5 Å². The highest BCUT2D eigenvalue weighted by Crippen LogP contribution is 2.16. The number of nitrogens with one attached hydrogen (secondary N) is 1. The van der Waals surface area contributed by atoms with Crippen molar-refractivity contribution >= 4 is 18.0 Å². The number of carbonyl (C=O) groups is 2. The van der Waals surface area contributed by atoms with Crippen LogP contribution in [0.3, 0.4) is 0 Å². The first kappa shape index (κ1) is 14.3. The number of amides is 2. The molecule has 0 aromatic carbocycles. The van der Waals surface area contributed by atoms with Crippen LogP contribution in [-0.2, 0) is 4.79 Å². The number of nitrogens with zero attached hydrogens (tertiary/aromatic N) is 3. The van der Waals surface area contributed by atoms with E-state index in [4.69, 9.17) is 0 Å². The number of hydrogen-bond acceptors (Lipinski definition) is 4. The normalized spacial score (nSPS) is 15.1. The molecule has 6 nitrogen and oxygen atoms in total. The lowest BCUT2D eigenvalue weighted by molar-refractivity contribution is -0.118. The van der Waals surface area contributed by atoms with E-state index in [9.17, 15) is 9.59 Å². The maximum Gasteiger partial charge on any atom is 0.252 e. The van der Waals surface area contributed by atoms with E-state index in [0.717, 1.165) is 31.6 Å². The van der Waals surface area contributed by atoms with E-state index < -0.39 is 0 Å². The van der Waals surface area contributed by atoms with Crippen LogP contribution < -0.4 is 10.2 Å². The van der Waals surface area contributed by atoms with Gasteiger partial charge in [0.05, 0.1) is 17.4 Å². The molecule has 0 aliphatic carbocycles. The predicted molar refractivity (Wildman–Crippen MR) is 76.7 cm³/mol. The molecule has 0 spiro atoms. The molecule has 0 bridgehead atoms. The number of carbonyl (C=O) groups excluding carboxylic acids is 2. The molecule has 0 atom stereocenters. The Kier molecular flexibility index (Phi) is 4.92. The molecule has 1 aliphatic rings. The van der Waals surface area contributed by atoms with E-state index in [1.807, 2.05) is 13.0 Å². The summed E-state index contributed by atoms with van der Waals surface area (Å²) in [4.78, 5) is 30.6. The summed E-state index contributed by atoms with van der Waals surface area (Å²) in [6, 6.07) is 1.86. The summed E-state index contributed by atoms with van der Waals surface area (Å²) in [7, 11) is 0. The van der Waals surface area contributed by atoms with Gasteiger partial charge in [0.25, 0.3) is 5.91 Å². The van der Waals surface area contributed by atoms with Gasteiger partial charge in [-0.3, -0.25) is 14.6 Å². The lowest BCUT2D eigenvalue weighted by Gasteiger charge is -2.34. The van der Waals surface area contributed by atoms with Gasteiger partial charge in [-0.15, -0.1) is 0 Å². The second-order valence-electron chi connectivity index (χ2n) is 4.82. The first-order valence-corrected chi connectivity index (χ1v) is 6.92.